The molecule has 0 spiro atoms. The van der Waals surface area contributed by atoms with Crippen LogP contribution in [0, 0.1) is 0 Å². The van der Waals surface area contributed by atoms with E-state index in [1.165, 1.54) is 0 Å². The van der Waals surface area contributed by atoms with Crippen LogP contribution < -0.4 is 9.47 Å². The molecule has 18 heavy (non-hydrogen) atoms. The van der Waals surface area contributed by atoms with Gasteiger partial charge in [0, 0.05) is 7.11 Å². The molecule has 0 aliphatic rings. The summed E-state index contributed by atoms with van der Waals surface area (Å²) in [5.74, 6) is 1.77. The Morgan fingerprint density at radius 1 is 0.833 bits per heavy atom. The summed E-state index contributed by atoms with van der Waals surface area (Å²) in [5.41, 5.74) is 0. The van der Waals surface area contributed by atoms with Crippen LogP contribution in [0.3, 0.4) is 0 Å². The number of rotatable bonds is 6. The van der Waals surface area contributed by atoms with Crippen molar-refractivity contribution in [2.24, 2.45) is 0 Å². The van der Waals surface area contributed by atoms with Crippen LogP contribution in [-0.4, -0.2) is 26.9 Å². The van der Waals surface area contributed by atoms with Crippen LogP contribution in [-0.2, 0) is 4.74 Å². The van der Waals surface area contributed by atoms with Gasteiger partial charge < -0.3 is 14.2 Å². The third-order valence-electron chi connectivity index (χ3n) is 2.65. The molecule has 0 unspecified atom stereocenters. The zero-order valence-corrected chi connectivity index (χ0v) is 10.8. The molecule has 0 atom stereocenters. The fourth-order valence-corrected chi connectivity index (χ4v) is 1.79. The van der Waals surface area contributed by atoms with Crippen LogP contribution in [0.1, 0.15) is 6.92 Å². The lowest BCUT2D eigenvalue weighted by Crippen LogP contribution is -2.03. The molecule has 0 aliphatic heterocycles. The van der Waals surface area contributed by atoms with Crippen LogP contribution in [0.5, 0.6) is 11.5 Å². The minimum absolute atomic E-state index is 0.568. The van der Waals surface area contributed by atoms with Crippen molar-refractivity contribution in [1.29, 1.82) is 0 Å². The van der Waals surface area contributed by atoms with E-state index in [4.69, 9.17) is 14.2 Å². The first-order valence-corrected chi connectivity index (χ1v) is 6.12. The van der Waals surface area contributed by atoms with Gasteiger partial charge in [-0.1, -0.05) is 12.1 Å². The second-order valence-electron chi connectivity index (χ2n) is 3.95. The Balaban J connectivity index is 2.16. The summed E-state index contributed by atoms with van der Waals surface area (Å²) < 4.78 is 16.0. The Kier molecular flexibility index (Phi) is 4.42. The number of hydrogen-bond donors (Lipinski definition) is 0. The Hall–Kier alpha value is -1.74. The first-order valence-electron chi connectivity index (χ1n) is 6.12. The van der Waals surface area contributed by atoms with Crippen molar-refractivity contribution in [2.75, 3.05) is 26.9 Å². The molecule has 0 fully saturated rings. The molecule has 2 rings (SSSR count). The van der Waals surface area contributed by atoms with Crippen molar-refractivity contribution in [2.45, 2.75) is 6.92 Å². The van der Waals surface area contributed by atoms with Crippen molar-refractivity contribution in [3.05, 3.63) is 36.4 Å². The van der Waals surface area contributed by atoms with Gasteiger partial charge in [0.25, 0.3) is 0 Å². The largest absolute Gasteiger partial charge is 0.494 e. The third-order valence-corrected chi connectivity index (χ3v) is 2.65. The van der Waals surface area contributed by atoms with Gasteiger partial charge in [-0.2, -0.15) is 0 Å². The second-order valence-corrected chi connectivity index (χ2v) is 3.95. The van der Waals surface area contributed by atoms with Gasteiger partial charge in [-0.3, -0.25) is 0 Å². The summed E-state index contributed by atoms with van der Waals surface area (Å²) in [6.45, 7) is 3.83. The maximum absolute atomic E-state index is 5.58. The molecule has 96 valence electrons. The fourth-order valence-electron chi connectivity index (χ4n) is 1.79. The van der Waals surface area contributed by atoms with E-state index in [1.807, 2.05) is 43.3 Å². The lowest BCUT2D eigenvalue weighted by Gasteiger charge is -2.08. The highest BCUT2D eigenvalue weighted by Crippen LogP contribution is 2.24. The minimum atomic E-state index is 0.568. The number of benzene rings is 2. The summed E-state index contributed by atoms with van der Waals surface area (Å²) >= 11 is 0. The van der Waals surface area contributed by atoms with E-state index in [-0.39, 0.29) is 0 Å². The highest BCUT2D eigenvalue weighted by Gasteiger charge is 2.00. The van der Waals surface area contributed by atoms with Gasteiger partial charge in [-0.15, -0.1) is 0 Å². The quantitative estimate of drug-likeness (QED) is 0.732. The maximum Gasteiger partial charge on any atom is 0.120 e. The van der Waals surface area contributed by atoms with Gasteiger partial charge in [-0.05, 0) is 42.0 Å². The van der Waals surface area contributed by atoms with E-state index in [2.05, 4.69) is 0 Å². The number of methoxy groups -OCH3 is 1. The van der Waals surface area contributed by atoms with Crippen molar-refractivity contribution < 1.29 is 14.2 Å². The molecule has 0 saturated carbocycles. The molecule has 0 N–H and O–H groups in total. The van der Waals surface area contributed by atoms with Crippen molar-refractivity contribution in [3.63, 3.8) is 0 Å². The lowest BCUT2D eigenvalue weighted by atomic mass is 10.1. The standard InChI is InChI=1S/C15H18O3/c1-3-17-14-6-4-13-11-15(18-9-8-16-2)7-5-12(13)10-14/h4-7,10-11H,3,8-9H2,1-2H3. The van der Waals surface area contributed by atoms with E-state index < -0.39 is 0 Å². The fraction of sp³-hybridized carbons (Fsp3) is 0.333. The lowest BCUT2D eigenvalue weighted by molar-refractivity contribution is 0.146. The Bertz CT molecular complexity index is 508. The van der Waals surface area contributed by atoms with E-state index >= 15 is 0 Å². The molecule has 3 heteroatoms. The zero-order valence-electron chi connectivity index (χ0n) is 10.8. The van der Waals surface area contributed by atoms with E-state index in [0.717, 1.165) is 22.3 Å². The molecule has 0 radical (unpaired) electrons. The molecule has 2 aromatic rings. The molecule has 0 aromatic heterocycles. The summed E-state index contributed by atoms with van der Waals surface area (Å²) in [6.07, 6.45) is 0. The van der Waals surface area contributed by atoms with Crippen LogP contribution in [0.4, 0.5) is 0 Å². The van der Waals surface area contributed by atoms with Gasteiger partial charge in [0.2, 0.25) is 0 Å². The molecule has 3 nitrogen and oxygen atoms in total. The van der Waals surface area contributed by atoms with E-state index in [0.29, 0.717) is 19.8 Å². The van der Waals surface area contributed by atoms with E-state index in [9.17, 15) is 0 Å². The van der Waals surface area contributed by atoms with Gasteiger partial charge in [0.15, 0.2) is 0 Å². The van der Waals surface area contributed by atoms with Crippen LogP contribution in [0.15, 0.2) is 36.4 Å². The van der Waals surface area contributed by atoms with Gasteiger partial charge in [-0.25, -0.2) is 0 Å². The second kappa shape index (κ2) is 6.26. The van der Waals surface area contributed by atoms with Gasteiger partial charge >= 0.3 is 0 Å². The highest BCUT2D eigenvalue weighted by molar-refractivity contribution is 5.85. The van der Waals surface area contributed by atoms with E-state index in [1.54, 1.807) is 7.11 Å². The SMILES string of the molecule is CCOc1ccc2cc(OCCOC)ccc2c1. The molecule has 0 amide bonds. The van der Waals surface area contributed by atoms with Crippen LogP contribution in [0.2, 0.25) is 0 Å². The van der Waals surface area contributed by atoms with Gasteiger partial charge in [0.05, 0.1) is 13.2 Å². The first kappa shape index (κ1) is 12.7. The number of hydrogen-bond acceptors (Lipinski definition) is 3. The molecular formula is C15H18O3. The Labute approximate surface area is 107 Å². The molecule has 0 bridgehead atoms. The summed E-state index contributed by atoms with van der Waals surface area (Å²) in [7, 11) is 1.67. The van der Waals surface area contributed by atoms with Crippen molar-refractivity contribution in [1.82, 2.24) is 0 Å². The van der Waals surface area contributed by atoms with Crippen molar-refractivity contribution >= 4 is 10.8 Å². The average Bonchev–Trinajstić information content (AvgIpc) is 2.39. The number of fused-ring (bicyclic) bond motifs is 1. The van der Waals surface area contributed by atoms with Crippen LogP contribution >= 0.6 is 0 Å². The topological polar surface area (TPSA) is 27.7 Å². The first-order chi connectivity index (χ1) is 8.83. The molecule has 0 saturated heterocycles. The summed E-state index contributed by atoms with van der Waals surface area (Å²) in [5, 5.41) is 2.30. The summed E-state index contributed by atoms with van der Waals surface area (Å²) in [4.78, 5) is 0. The van der Waals surface area contributed by atoms with Crippen molar-refractivity contribution in [3.8, 4) is 11.5 Å². The molecule has 0 aliphatic carbocycles. The smallest absolute Gasteiger partial charge is 0.120 e. The normalized spacial score (nSPS) is 10.6. The van der Waals surface area contributed by atoms with Crippen LogP contribution in [0.25, 0.3) is 10.8 Å². The Morgan fingerprint density at radius 2 is 1.44 bits per heavy atom. The molecular weight excluding hydrogens is 228 g/mol. The predicted octanol–water partition coefficient (Wildman–Crippen LogP) is 3.26. The monoisotopic (exact) mass is 246 g/mol. The zero-order chi connectivity index (χ0) is 12.8. The number of ether oxygens (including phenoxy) is 3. The third kappa shape index (κ3) is 3.14. The maximum atomic E-state index is 5.58. The molecule has 0 heterocycles. The molecule has 2 aromatic carbocycles. The summed E-state index contributed by atoms with van der Waals surface area (Å²) in [6, 6.07) is 12.1. The minimum Gasteiger partial charge on any atom is -0.494 e. The average molecular weight is 246 g/mol. The predicted molar refractivity (Wildman–Crippen MR) is 72.5 cm³/mol. The Morgan fingerprint density at radius 3 is 2.00 bits per heavy atom. The highest BCUT2D eigenvalue weighted by atomic mass is 16.5. The van der Waals surface area contributed by atoms with Gasteiger partial charge in [0.1, 0.15) is 18.1 Å².